The minimum Gasteiger partial charge on any atom is -0.382 e. The van der Waals surface area contributed by atoms with Crippen molar-refractivity contribution < 1.29 is 14.3 Å². The molecule has 3 rings (SSSR count). The zero-order chi connectivity index (χ0) is 24.0. The van der Waals surface area contributed by atoms with Gasteiger partial charge in [-0.1, -0.05) is 31.4 Å². The van der Waals surface area contributed by atoms with Crippen LogP contribution in [0.2, 0.25) is 0 Å². The Morgan fingerprint density at radius 1 is 1.45 bits per heavy atom. The summed E-state index contributed by atoms with van der Waals surface area (Å²) in [5.41, 5.74) is 12.6. The highest BCUT2D eigenvalue weighted by atomic mass is 35.5. The lowest BCUT2D eigenvalue weighted by Crippen LogP contribution is -2.55. The molecule has 1 aromatic rings. The number of nitrogens with zero attached hydrogens (tertiary/aromatic N) is 5. The van der Waals surface area contributed by atoms with Crippen LogP contribution in [0.1, 0.15) is 44.7 Å². The van der Waals surface area contributed by atoms with Crippen LogP contribution in [0.5, 0.6) is 0 Å². The van der Waals surface area contributed by atoms with Crippen molar-refractivity contribution >= 4 is 41.4 Å². The highest BCUT2D eigenvalue weighted by Crippen LogP contribution is 2.31. The number of aliphatic imine (C=N–C) groups is 1. The second kappa shape index (κ2) is 11.5. The molecule has 1 amide bonds. The molecule has 2 atom stereocenters. The summed E-state index contributed by atoms with van der Waals surface area (Å²) in [4.78, 5) is 19.8. The lowest BCUT2D eigenvalue weighted by molar-refractivity contribution is -0.0874. The van der Waals surface area contributed by atoms with Crippen LogP contribution in [-0.4, -0.2) is 72.0 Å². The van der Waals surface area contributed by atoms with Crippen molar-refractivity contribution in [2.24, 2.45) is 10.7 Å². The van der Waals surface area contributed by atoms with E-state index in [0.29, 0.717) is 48.6 Å². The van der Waals surface area contributed by atoms with Gasteiger partial charge in [0.05, 0.1) is 25.1 Å². The van der Waals surface area contributed by atoms with E-state index >= 15 is 0 Å². The third-order valence-electron chi connectivity index (χ3n) is 5.92. The van der Waals surface area contributed by atoms with Crippen molar-refractivity contribution in [2.45, 2.75) is 57.6 Å². The Morgan fingerprint density at radius 2 is 2.21 bits per heavy atom. The zero-order valence-corrected chi connectivity index (χ0v) is 19.9. The molecule has 1 aliphatic carbocycles. The van der Waals surface area contributed by atoms with Gasteiger partial charge in [0.25, 0.3) is 0 Å². The largest absolute Gasteiger partial charge is 0.412 e. The van der Waals surface area contributed by atoms with Crippen LogP contribution in [0.3, 0.4) is 0 Å². The van der Waals surface area contributed by atoms with E-state index in [1.54, 1.807) is 12.4 Å². The van der Waals surface area contributed by atoms with E-state index < -0.39 is 12.1 Å². The monoisotopic (exact) mass is 480 g/mol. The fourth-order valence-electron chi connectivity index (χ4n) is 4.38. The average Bonchev–Trinajstić information content (AvgIpc) is 3.12. The second-order valence-corrected chi connectivity index (χ2v) is 8.68. The summed E-state index contributed by atoms with van der Waals surface area (Å²) >= 11 is 6.01. The minimum atomic E-state index is -1.11. The predicted octanol–water partition coefficient (Wildman–Crippen LogP) is 2.48. The summed E-state index contributed by atoms with van der Waals surface area (Å²) in [6.07, 6.45) is 8.04. The molecule has 1 saturated heterocycles. The molecule has 2 heterocycles. The van der Waals surface area contributed by atoms with Gasteiger partial charge in [-0.15, -0.1) is 0 Å². The van der Waals surface area contributed by atoms with Gasteiger partial charge in [-0.2, -0.15) is 9.78 Å². The molecule has 2 aliphatic rings. The molecule has 1 aliphatic heterocycles. The van der Waals surface area contributed by atoms with Crippen LogP contribution in [0.4, 0.5) is 16.3 Å². The van der Waals surface area contributed by atoms with Crippen molar-refractivity contribution in [3.8, 4) is 0 Å². The highest BCUT2D eigenvalue weighted by Gasteiger charge is 2.35. The first-order valence-electron chi connectivity index (χ1n) is 11.2. The summed E-state index contributed by atoms with van der Waals surface area (Å²) < 4.78 is 11.8. The Bertz CT molecular complexity index is 914. The number of allylic oxidation sites excluding steroid dienone is 1. The maximum Gasteiger partial charge on any atom is 0.412 e. The Hall–Kier alpha value is -2.63. The van der Waals surface area contributed by atoms with Crippen molar-refractivity contribution in [1.82, 2.24) is 14.7 Å². The van der Waals surface area contributed by atoms with E-state index in [9.17, 15) is 4.79 Å². The number of hydrogen-bond donors (Lipinski definition) is 3. The number of aromatic nitrogens is 2. The maximum absolute atomic E-state index is 11.1. The predicted molar refractivity (Wildman–Crippen MR) is 129 cm³/mol. The molecule has 11 nitrogen and oxygen atoms in total. The normalized spacial score (nSPS) is 21.7. The SMILES string of the molecule is CC/C(Cl)=C\N=CCc1nn(C(=N)OC(N)=O)c(N)c1N(C)CN1CCOC2CCCCC21. The summed E-state index contributed by atoms with van der Waals surface area (Å²) in [7, 11) is 1.93. The van der Waals surface area contributed by atoms with Crippen molar-refractivity contribution in [2.75, 3.05) is 37.5 Å². The van der Waals surface area contributed by atoms with E-state index in [0.717, 1.165) is 24.1 Å². The molecule has 1 aromatic heterocycles. The number of primary amides is 1. The number of fused-ring (bicyclic) bond motifs is 1. The third-order valence-corrected chi connectivity index (χ3v) is 6.28. The van der Waals surface area contributed by atoms with E-state index in [1.807, 2.05) is 18.9 Å². The molecular weight excluding hydrogens is 448 g/mol. The van der Waals surface area contributed by atoms with Crippen LogP contribution in [-0.2, 0) is 15.9 Å². The summed E-state index contributed by atoms with van der Waals surface area (Å²) in [5, 5.41) is 13.0. The van der Waals surface area contributed by atoms with Crippen LogP contribution < -0.4 is 16.4 Å². The molecule has 0 radical (unpaired) electrons. The molecule has 2 unspecified atom stereocenters. The number of ether oxygens (including phenoxy) is 2. The number of anilines is 2. The van der Waals surface area contributed by atoms with Gasteiger partial charge >= 0.3 is 12.1 Å². The number of carbonyl (C=O) groups excluding carboxylic acids is 1. The number of halogens is 1. The average molecular weight is 481 g/mol. The van der Waals surface area contributed by atoms with Crippen molar-refractivity contribution in [3.05, 3.63) is 16.9 Å². The number of nitrogens with one attached hydrogen (secondary N) is 1. The number of carbonyl (C=O) groups is 1. The van der Waals surface area contributed by atoms with Gasteiger partial charge in [-0.05, 0) is 19.3 Å². The fourth-order valence-corrected chi connectivity index (χ4v) is 4.43. The van der Waals surface area contributed by atoms with Gasteiger partial charge in [-0.3, -0.25) is 9.89 Å². The molecule has 0 spiro atoms. The summed E-state index contributed by atoms with van der Waals surface area (Å²) in [6.45, 7) is 4.09. The van der Waals surface area contributed by atoms with Crippen LogP contribution in [0, 0.1) is 5.41 Å². The topological polar surface area (TPSA) is 148 Å². The van der Waals surface area contributed by atoms with Gasteiger partial charge in [-0.25, -0.2) is 10.2 Å². The summed E-state index contributed by atoms with van der Waals surface area (Å²) in [5.74, 6) is 0.183. The fraction of sp³-hybridized carbons (Fsp3) is 0.619. The third kappa shape index (κ3) is 6.24. The van der Waals surface area contributed by atoms with Gasteiger partial charge in [0.1, 0.15) is 5.69 Å². The number of hydrogen-bond acceptors (Lipinski definition) is 9. The molecule has 0 aromatic carbocycles. The maximum atomic E-state index is 11.1. The lowest BCUT2D eigenvalue weighted by atomic mass is 9.90. The minimum absolute atomic E-state index is 0.183. The Balaban J connectivity index is 1.84. The Morgan fingerprint density at radius 3 is 2.94 bits per heavy atom. The van der Waals surface area contributed by atoms with Crippen LogP contribution in [0.15, 0.2) is 16.2 Å². The summed E-state index contributed by atoms with van der Waals surface area (Å²) in [6, 6.07) is -0.195. The van der Waals surface area contributed by atoms with Gasteiger partial charge in [0.15, 0.2) is 5.82 Å². The zero-order valence-electron chi connectivity index (χ0n) is 19.2. The van der Waals surface area contributed by atoms with Crippen molar-refractivity contribution in [3.63, 3.8) is 0 Å². The van der Waals surface area contributed by atoms with E-state index in [4.69, 9.17) is 38.0 Å². The van der Waals surface area contributed by atoms with E-state index in [1.165, 1.54) is 12.8 Å². The van der Waals surface area contributed by atoms with Gasteiger partial charge in [0, 0.05) is 43.5 Å². The first kappa shape index (κ1) is 25.0. The molecule has 182 valence electrons. The quantitative estimate of drug-likeness (QED) is 0.401. The first-order valence-corrected chi connectivity index (χ1v) is 11.6. The van der Waals surface area contributed by atoms with Gasteiger partial charge < -0.3 is 25.8 Å². The Kier molecular flexibility index (Phi) is 8.70. The second-order valence-electron chi connectivity index (χ2n) is 8.20. The van der Waals surface area contributed by atoms with Crippen LogP contribution >= 0.6 is 11.6 Å². The van der Waals surface area contributed by atoms with Gasteiger partial charge in [0.2, 0.25) is 0 Å². The molecule has 33 heavy (non-hydrogen) atoms. The molecule has 0 bridgehead atoms. The molecule has 12 heteroatoms. The van der Waals surface area contributed by atoms with Crippen LogP contribution in [0.25, 0.3) is 0 Å². The smallest absolute Gasteiger partial charge is 0.382 e. The van der Waals surface area contributed by atoms with E-state index in [-0.39, 0.29) is 11.9 Å². The number of rotatable bonds is 7. The van der Waals surface area contributed by atoms with Crippen molar-refractivity contribution in [1.29, 1.82) is 5.41 Å². The Labute approximate surface area is 198 Å². The highest BCUT2D eigenvalue weighted by molar-refractivity contribution is 6.29. The standard InChI is InChI=1S/C21H33ClN8O3/c1-3-14(22)12-26-9-8-15-18(19(23)30(27-15)20(24)33-21(25)31)28(2)13-29-10-11-32-17-7-5-4-6-16(17)29/h9,12,16-17,24H,3-8,10-11,13,23H2,1-2H3,(H2,25,31)/b14-12+,24-20?,26-9?. The number of nitrogen functional groups attached to an aromatic ring is 1. The lowest BCUT2D eigenvalue weighted by Gasteiger charge is -2.45. The molecular formula is C21H33ClN8O3. The number of amides is 1. The molecule has 5 N–H and O–H groups in total. The number of nitrogens with two attached hydrogens (primary N) is 2. The first-order chi connectivity index (χ1) is 15.8. The molecule has 1 saturated carbocycles. The molecule has 2 fully saturated rings. The van der Waals surface area contributed by atoms with E-state index in [2.05, 4.69) is 15.0 Å². The number of morpholine rings is 1.